The van der Waals surface area contributed by atoms with E-state index < -0.39 is 5.41 Å². The highest BCUT2D eigenvalue weighted by Crippen LogP contribution is 2.23. The maximum atomic E-state index is 9.42. The molecular weight excluding hydrogens is 280 g/mol. The monoisotopic (exact) mass is 304 g/mol. The smallest absolute Gasteiger partial charge is 0.1000 e. The van der Waals surface area contributed by atoms with Crippen LogP contribution in [0, 0.1) is 5.41 Å². The van der Waals surface area contributed by atoms with Crippen LogP contribution in [-0.2, 0) is 0 Å². The van der Waals surface area contributed by atoms with Gasteiger partial charge in [0.25, 0.3) is 0 Å². The molecule has 1 unspecified atom stereocenters. The van der Waals surface area contributed by atoms with Crippen molar-refractivity contribution in [2.45, 2.75) is 19.9 Å². The lowest BCUT2D eigenvalue weighted by Gasteiger charge is -2.33. The summed E-state index contributed by atoms with van der Waals surface area (Å²) in [5.41, 5.74) is 1.29. The third-order valence-electron chi connectivity index (χ3n) is 4.02. The van der Waals surface area contributed by atoms with Crippen molar-refractivity contribution < 1.29 is 10.2 Å². The van der Waals surface area contributed by atoms with E-state index in [1.807, 2.05) is 57.4 Å². The summed E-state index contributed by atoms with van der Waals surface area (Å²) in [4.78, 5) is 2.06. The van der Waals surface area contributed by atoms with E-state index >= 15 is 0 Å². The van der Waals surface area contributed by atoms with Crippen LogP contribution in [-0.4, -0.2) is 56.9 Å². The van der Waals surface area contributed by atoms with Gasteiger partial charge in [-0.05, 0) is 26.1 Å². The van der Waals surface area contributed by atoms with E-state index in [4.69, 9.17) is 0 Å². The van der Waals surface area contributed by atoms with Crippen LogP contribution in [0.4, 0.5) is 0 Å². The molecule has 1 atom stereocenters. The Balaban J connectivity index is 2.10. The number of rotatable bonds is 7. The molecule has 2 aromatic rings. The Morgan fingerprint density at radius 2 is 1.86 bits per heavy atom. The molecule has 120 valence electrons. The predicted molar refractivity (Wildman–Crippen MR) is 84.7 cm³/mol. The van der Waals surface area contributed by atoms with Crippen molar-refractivity contribution in [2.24, 2.45) is 5.41 Å². The van der Waals surface area contributed by atoms with Crippen molar-refractivity contribution in [1.29, 1.82) is 0 Å². The minimum Gasteiger partial charge on any atom is -0.396 e. The molecule has 0 fully saturated rings. The molecule has 2 N–H and O–H groups in total. The second-order valence-corrected chi connectivity index (χ2v) is 6.14. The molecule has 22 heavy (non-hydrogen) atoms. The van der Waals surface area contributed by atoms with Gasteiger partial charge in [-0.3, -0.25) is 4.90 Å². The van der Waals surface area contributed by atoms with Crippen LogP contribution in [0.2, 0.25) is 0 Å². The SMILES string of the molecule is CC(c1cn(-c2ccccc2)nn1)N(C)CC(C)(CO)CO. The molecule has 0 aliphatic rings. The van der Waals surface area contributed by atoms with E-state index in [0.717, 1.165) is 11.4 Å². The topological polar surface area (TPSA) is 74.4 Å². The molecule has 1 heterocycles. The van der Waals surface area contributed by atoms with Gasteiger partial charge in [-0.1, -0.05) is 30.3 Å². The van der Waals surface area contributed by atoms with Crippen LogP contribution in [0.25, 0.3) is 5.69 Å². The van der Waals surface area contributed by atoms with E-state index in [1.54, 1.807) is 4.68 Å². The normalized spacial score (nSPS) is 13.5. The first-order chi connectivity index (χ1) is 10.5. The van der Waals surface area contributed by atoms with E-state index in [0.29, 0.717) is 6.54 Å². The highest BCUT2D eigenvalue weighted by atomic mass is 16.3. The summed E-state index contributed by atoms with van der Waals surface area (Å²) in [6.07, 6.45) is 1.91. The Morgan fingerprint density at radius 3 is 2.45 bits per heavy atom. The van der Waals surface area contributed by atoms with Gasteiger partial charge in [0.05, 0.1) is 36.8 Å². The summed E-state index contributed by atoms with van der Waals surface area (Å²) >= 11 is 0. The molecule has 0 radical (unpaired) electrons. The highest BCUT2D eigenvalue weighted by molar-refractivity contribution is 5.30. The molecule has 0 saturated carbocycles. The number of nitrogens with zero attached hydrogens (tertiary/aromatic N) is 4. The van der Waals surface area contributed by atoms with Gasteiger partial charge in [-0.25, -0.2) is 4.68 Å². The van der Waals surface area contributed by atoms with E-state index in [9.17, 15) is 10.2 Å². The summed E-state index contributed by atoms with van der Waals surface area (Å²) in [6, 6.07) is 9.86. The summed E-state index contributed by atoms with van der Waals surface area (Å²) in [7, 11) is 1.95. The maximum Gasteiger partial charge on any atom is 0.1000 e. The molecule has 0 saturated heterocycles. The lowest BCUT2D eigenvalue weighted by molar-refractivity contribution is 0.0322. The van der Waals surface area contributed by atoms with Gasteiger partial charge in [0, 0.05) is 12.0 Å². The number of hydrogen-bond donors (Lipinski definition) is 2. The number of hydrogen-bond acceptors (Lipinski definition) is 5. The standard InChI is InChI=1S/C16H24N4O2/c1-13(19(3)10-16(2,11-21)12-22)15-9-20(18-17-15)14-7-5-4-6-8-14/h4-9,13,21-22H,10-12H2,1-3H3. The Morgan fingerprint density at radius 1 is 1.23 bits per heavy atom. The molecular formula is C16H24N4O2. The summed E-state index contributed by atoms with van der Waals surface area (Å²) in [5.74, 6) is 0. The first kappa shape index (κ1) is 16.6. The van der Waals surface area contributed by atoms with Gasteiger partial charge in [0.2, 0.25) is 0 Å². The molecule has 2 rings (SSSR count). The van der Waals surface area contributed by atoms with Crippen LogP contribution < -0.4 is 0 Å². The zero-order valence-corrected chi connectivity index (χ0v) is 13.3. The fraction of sp³-hybridized carbons (Fsp3) is 0.500. The van der Waals surface area contributed by atoms with E-state index in [1.165, 1.54) is 0 Å². The number of aromatic nitrogens is 3. The number of aliphatic hydroxyl groups excluding tert-OH is 2. The van der Waals surface area contributed by atoms with Gasteiger partial charge in [-0.2, -0.15) is 0 Å². The largest absolute Gasteiger partial charge is 0.396 e. The highest BCUT2D eigenvalue weighted by Gasteiger charge is 2.27. The summed E-state index contributed by atoms with van der Waals surface area (Å²) in [5, 5.41) is 27.3. The quantitative estimate of drug-likeness (QED) is 0.805. The van der Waals surface area contributed by atoms with Crippen LogP contribution in [0.15, 0.2) is 36.5 Å². The zero-order valence-electron chi connectivity index (χ0n) is 13.3. The number of para-hydroxylation sites is 1. The molecule has 6 heteroatoms. The lowest BCUT2D eigenvalue weighted by atomic mass is 9.92. The summed E-state index contributed by atoms with van der Waals surface area (Å²) in [6.45, 7) is 4.35. The molecule has 0 aliphatic heterocycles. The second-order valence-electron chi connectivity index (χ2n) is 6.14. The van der Waals surface area contributed by atoms with Crippen molar-refractivity contribution >= 4 is 0 Å². The van der Waals surface area contributed by atoms with Gasteiger partial charge >= 0.3 is 0 Å². The fourth-order valence-electron chi connectivity index (χ4n) is 2.29. The molecule has 1 aromatic carbocycles. The van der Waals surface area contributed by atoms with Gasteiger partial charge in [0.15, 0.2) is 0 Å². The second kappa shape index (κ2) is 7.00. The first-order valence-electron chi connectivity index (χ1n) is 7.39. The Bertz CT molecular complexity index is 581. The number of benzene rings is 1. The minimum atomic E-state index is -0.529. The minimum absolute atomic E-state index is 0.0369. The molecule has 0 amide bonds. The van der Waals surface area contributed by atoms with E-state index in [-0.39, 0.29) is 19.3 Å². The van der Waals surface area contributed by atoms with Crippen molar-refractivity contribution in [3.05, 3.63) is 42.2 Å². The zero-order chi connectivity index (χ0) is 16.2. The van der Waals surface area contributed by atoms with Crippen LogP contribution >= 0.6 is 0 Å². The van der Waals surface area contributed by atoms with Gasteiger partial charge in [-0.15, -0.1) is 5.10 Å². The molecule has 0 aliphatic carbocycles. The van der Waals surface area contributed by atoms with Crippen LogP contribution in [0.1, 0.15) is 25.6 Å². The Hall–Kier alpha value is -1.76. The van der Waals surface area contributed by atoms with Crippen molar-refractivity contribution in [1.82, 2.24) is 19.9 Å². The third-order valence-corrected chi connectivity index (χ3v) is 4.02. The van der Waals surface area contributed by atoms with Crippen molar-refractivity contribution in [3.8, 4) is 5.69 Å². The van der Waals surface area contributed by atoms with Crippen LogP contribution in [0.5, 0.6) is 0 Å². The van der Waals surface area contributed by atoms with Gasteiger partial charge < -0.3 is 10.2 Å². The van der Waals surface area contributed by atoms with Crippen LogP contribution in [0.3, 0.4) is 0 Å². The van der Waals surface area contributed by atoms with Crippen molar-refractivity contribution in [3.63, 3.8) is 0 Å². The molecule has 0 bridgehead atoms. The van der Waals surface area contributed by atoms with Gasteiger partial charge in [0.1, 0.15) is 0 Å². The molecule has 6 nitrogen and oxygen atoms in total. The average molecular weight is 304 g/mol. The third kappa shape index (κ3) is 3.71. The first-order valence-corrected chi connectivity index (χ1v) is 7.39. The fourth-order valence-corrected chi connectivity index (χ4v) is 2.29. The van der Waals surface area contributed by atoms with E-state index in [2.05, 4.69) is 15.2 Å². The Kier molecular flexibility index (Phi) is 5.28. The maximum absolute atomic E-state index is 9.42. The summed E-state index contributed by atoms with van der Waals surface area (Å²) < 4.78 is 1.75. The van der Waals surface area contributed by atoms with Crippen molar-refractivity contribution in [2.75, 3.05) is 26.8 Å². The average Bonchev–Trinajstić information content (AvgIpc) is 3.04. The Labute approximate surface area is 131 Å². The predicted octanol–water partition coefficient (Wildman–Crippen LogP) is 1.25. The number of aliphatic hydroxyl groups is 2. The molecule has 1 aromatic heterocycles. The molecule has 0 spiro atoms. The lowest BCUT2D eigenvalue weighted by Crippen LogP contribution is -2.40.